The summed E-state index contributed by atoms with van der Waals surface area (Å²) in [5.41, 5.74) is 0. The van der Waals surface area contributed by atoms with Crippen molar-refractivity contribution in [1.29, 1.82) is 0 Å². The van der Waals surface area contributed by atoms with Crippen LogP contribution >= 0.6 is 0 Å². The van der Waals surface area contributed by atoms with Crippen molar-refractivity contribution >= 4 is 10.0 Å². The number of β-amino-alcohol motifs (C(OH)–C–C–N with tert-alkyl or cyclic N) is 1. The van der Waals surface area contributed by atoms with Crippen LogP contribution in [-0.4, -0.2) is 37.0 Å². The first kappa shape index (κ1) is 11.4. The Balaban J connectivity index is 2.36. The van der Waals surface area contributed by atoms with E-state index >= 15 is 0 Å². The van der Waals surface area contributed by atoms with Gasteiger partial charge in [0.05, 0.1) is 6.10 Å². The predicted octanol–water partition coefficient (Wildman–Crippen LogP) is 0.330. The fourth-order valence-corrected chi connectivity index (χ4v) is 3.00. The highest BCUT2D eigenvalue weighted by Gasteiger charge is 2.37. The van der Waals surface area contributed by atoms with Crippen LogP contribution in [0.1, 0.15) is 0 Å². The van der Waals surface area contributed by atoms with Crippen molar-refractivity contribution in [3.63, 3.8) is 0 Å². The molecule has 2 rings (SSSR count). The molecule has 0 aromatic heterocycles. The number of halogens is 2. The minimum Gasteiger partial charge on any atom is -0.390 e. The van der Waals surface area contributed by atoms with Gasteiger partial charge >= 0.3 is 0 Å². The van der Waals surface area contributed by atoms with E-state index in [1.165, 1.54) is 0 Å². The van der Waals surface area contributed by atoms with Crippen LogP contribution in [0.2, 0.25) is 0 Å². The number of aliphatic hydroxyl groups excluding tert-OH is 1. The maximum atomic E-state index is 13.3. The zero-order valence-electron chi connectivity index (χ0n) is 8.10. The van der Waals surface area contributed by atoms with Gasteiger partial charge in [0.1, 0.15) is 16.5 Å². The standard InChI is InChI=1S/C9H9F2NO3S/c10-6-1-2-9(8(11)3-6)16(14,15)12-4-7(13)5-12/h1-3,7,13H,4-5H2. The summed E-state index contributed by atoms with van der Waals surface area (Å²) < 4.78 is 50.3. The topological polar surface area (TPSA) is 57.6 Å². The number of hydrogen-bond acceptors (Lipinski definition) is 3. The summed E-state index contributed by atoms with van der Waals surface area (Å²) in [6.45, 7) is -0.113. The van der Waals surface area contributed by atoms with Crippen LogP contribution in [0.5, 0.6) is 0 Å². The van der Waals surface area contributed by atoms with Crippen LogP contribution in [0, 0.1) is 11.6 Å². The Bertz CT molecular complexity index is 511. The SMILES string of the molecule is O=S(=O)(c1ccc(F)cc1F)N1CC(O)C1. The van der Waals surface area contributed by atoms with E-state index in [4.69, 9.17) is 5.11 Å². The molecule has 1 aliphatic heterocycles. The molecule has 0 radical (unpaired) electrons. The van der Waals surface area contributed by atoms with E-state index in [0.29, 0.717) is 6.07 Å². The van der Waals surface area contributed by atoms with Crippen LogP contribution in [0.3, 0.4) is 0 Å². The molecule has 1 aliphatic rings. The molecule has 1 fully saturated rings. The average Bonchev–Trinajstić information content (AvgIpc) is 2.12. The molecule has 1 aromatic carbocycles. The second-order valence-corrected chi connectivity index (χ2v) is 5.46. The second-order valence-electron chi connectivity index (χ2n) is 3.55. The number of sulfonamides is 1. The molecule has 0 unspecified atom stereocenters. The van der Waals surface area contributed by atoms with Crippen molar-refractivity contribution in [1.82, 2.24) is 4.31 Å². The van der Waals surface area contributed by atoms with Crippen LogP contribution in [-0.2, 0) is 10.0 Å². The van der Waals surface area contributed by atoms with Gasteiger partial charge < -0.3 is 5.11 Å². The van der Waals surface area contributed by atoms with Crippen molar-refractivity contribution in [2.75, 3.05) is 13.1 Å². The molecule has 16 heavy (non-hydrogen) atoms. The van der Waals surface area contributed by atoms with Gasteiger partial charge in [-0.1, -0.05) is 0 Å². The van der Waals surface area contributed by atoms with Gasteiger partial charge in [-0.3, -0.25) is 0 Å². The highest BCUT2D eigenvalue weighted by molar-refractivity contribution is 7.89. The summed E-state index contributed by atoms with van der Waals surface area (Å²) >= 11 is 0. The third-order valence-corrected chi connectivity index (χ3v) is 4.21. The molecule has 0 spiro atoms. The van der Waals surface area contributed by atoms with E-state index in [2.05, 4.69) is 0 Å². The molecule has 4 nitrogen and oxygen atoms in total. The summed E-state index contributed by atoms with van der Waals surface area (Å²) in [4.78, 5) is -0.569. The molecule has 0 atom stereocenters. The third kappa shape index (κ3) is 1.81. The van der Waals surface area contributed by atoms with Gasteiger partial charge in [-0.05, 0) is 12.1 Å². The van der Waals surface area contributed by atoms with E-state index in [-0.39, 0.29) is 13.1 Å². The lowest BCUT2D eigenvalue weighted by atomic mass is 10.2. The molecule has 7 heteroatoms. The Kier molecular flexibility index (Phi) is 2.69. The molecule has 0 amide bonds. The quantitative estimate of drug-likeness (QED) is 0.821. The molecule has 0 saturated carbocycles. The van der Waals surface area contributed by atoms with E-state index in [1.54, 1.807) is 0 Å². The van der Waals surface area contributed by atoms with Crippen molar-refractivity contribution < 1.29 is 22.3 Å². The number of rotatable bonds is 2. The van der Waals surface area contributed by atoms with E-state index in [0.717, 1.165) is 16.4 Å². The summed E-state index contributed by atoms with van der Waals surface area (Å²) in [5.74, 6) is -1.96. The number of nitrogens with zero attached hydrogens (tertiary/aromatic N) is 1. The van der Waals surface area contributed by atoms with Crippen LogP contribution < -0.4 is 0 Å². The third-order valence-electron chi connectivity index (χ3n) is 2.34. The summed E-state index contributed by atoms with van der Waals surface area (Å²) in [6.07, 6.45) is -0.710. The summed E-state index contributed by atoms with van der Waals surface area (Å²) in [6, 6.07) is 2.28. The molecule has 88 valence electrons. The van der Waals surface area contributed by atoms with Gasteiger partial charge in [-0.25, -0.2) is 17.2 Å². The van der Waals surface area contributed by atoms with E-state index in [9.17, 15) is 17.2 Å². The van der Waals surface area contributed by atoms with E-state index in [1.807, 2.05) is 0 Å². The maximum absolute atomic E-state index is 13.3. The molecular weight excluding hydrogens is 240 g/mol. The van der Waals surface area contributed by atoms with Crippen LogP contribution in [0.15, 0.2) is 23.1 Å². The monoisotopic (exact) mass is 249 g/mol. The lowest BCUT2D eigenvalue weighted by molar-refractivity contribution is 0.0546. The summed E-state index contributed by atoms with van der Waals surface area (Å²) in [5, 5.41) is 8.98. The second kappa shape index (κ2) is 3.76. The molecule has 0 bridgehead atoms. The molecule has 1 N–H and O–H groups in total. The molecule has 0 aliphatic carbocycles. The minimum absolute atomic E-state index is 0.0564. The molecule has 1 saturated heterocycles. The fraction of sp³-hybridized carbons (Fsp3) is 0.333. The zero-order valence-corrected chi connectivity index (χ0v) is 8.92. The highest BCUT2D eigenvalue weighted by atomic mass is 32.2. The van der Waals surface area contributed by atoms with Crippen molar-refractivity contribution in [3.05, 3.63) is 29.8 Å². The zero-order chi connectivity index (χ0) is 11.9. The fourth-order valence-electron chi connectivity index (χ4n) is 1.44. The van der Waals surface area contributed by atoms with Crippen LogP contribution in [0.25, 0.3) is 0 Å². The Morgan fingerprint density at radius 1 is 1.31 bits per heavy atom. The molecular formula is C9H9F2NO3S. The van der Waals surface area contributed by atoms with Gasteiger partial charge in [-0.2, -0.15) is 4.31 Å². The van der Waals surface area contributed by atoms with Gasteiger partial charge in [-0.15, -0.1) is 0 Å². The number of aliphatic hydroxyl groups is 1. The largest absolute Gasteiger partial charge is 0.390 e. The first-order chi connectivity index (χ1) is 7.41. The normalized spacial score (nSPS) is 18.4. The Labute approximate surface area is 91.2 Å². The lowest BCUT2D eigenvalue weighted by Crippen LogP contribution is -2.53. The van der Waals surface area contributed by atoms with Crippen LogP contribution in [0.4, 0.5) is 8.78 Å². The Morgan fingerprint density at radius 2 is 1.94 bits per heavy atom. The number of benzene rings is 1. The smallest absolute Gasteiger partial charge is 0.246 e. The highest BCUT2D eigenvalue weighted by Crippen LogP contribution is 2.24. The van der Waals surface area contributed by atoms with Gasteiger partial charge in [0, 0.05) is 19.2 Å². The van der Waals surface area contributed by atoms with Crippen molar-refractivity contribution in [2.24, 2.45) is 0 Å². The molecule has 1 aromatic rings. The predicted molar refractivity (Wildman–Crippen MR) is 51.1 cm³/mol. The summed E-state index contributed by atoms with van der Waals surface area (Å²) in [7, 11) is -3.95. The molecule has 1 heterocycles. The Morgan fingerprint density at radius 3 is 2.44 bits per heavy atom. The van der Waals surface area contributed by atoms with E-state index < -0.39 is 32.7 Å². The maximum Gasteiger partial charge on any atom is 0.246 e. The van der Waals surface area contributed by atoms with Gasteiger partial charge in [0.2, 0.25) is 10.0 Å². The van der Waals surface area contributed by atoms with Gasteiger partial charge in [0.25, 0.3) is 0 Å². The first-order valence-electron chi connectivity index (χ1n) is 4.54. The number of hydrogen-bond donors (Lipinski definition) is 1. The Hall–Kier alpha value is -1.05. The average molecular weight is 249 g/mol. The van der Waals surface area contributed by atoms with Crippen molar-refractivity contribution in [3.8, 4) is 0 Å². The first-order valence-corrected chi connectivity index (χ1v) is 5.98. The van der Waals surface area contributed by atoms with Gasteiger partial charge in [0.15, 0.2) is 0 Å². The minimum atomic E-state index is -3.95. The van der Waals surface area contributed by atoms with Crippen molar-refractivity contribution in [2.45, 2.75) is 11.0 Å². The lowest BCUT2D eigenvalue weighted by Gasteiger charge is -2.34.